The molecule has 2 N–H and O–H groups in total. The number of anilines is 1. The van der Waals surface area contributed by atoms with Gasteiger partial charge in [-0.15, -0.1) is 0 Å². The Hall–Kier alpha value is -2.82. The Morgan fingerprint density at radius 2 is 1.84 bits per heavy atom. The van der Waals surface area contributed by atoms with Crippen LogP contribution in [0.2, 0.25) is 0 Å². The molecule has 0 saturated carbocycles. The highest BCUT2D eigenvalue weighted by atomic mass is 16.5. The van der Waals surface area contributed by atoms with Crippen molar-refractivity contribution in [2.45, 2.75) is 25.7 Å². The minimum absolute atomic E-state index is 0.162. The molecule has 2 aromatic rings. The molecule has 0 heterocycles. The van der Waals surface area contributed by atoms with Crippen LogP contribution in [0.25, 0.3) is 0 Å². The van der Waals surface area contributed by atoms with Gasteiger partial charge in [-0.2, -0.15) is 5.10 Å². The van der Waals surface area contributed by atoms with E-state index in [1.165, 1.54) is 5.56 Å². The minimum atomic E-state index is -0.162. The molecule has 1 aliphatic rings. The van der Waals surface area contributed by atoms with Gasteiger partial charge in [0.05, 0.1) is 19.4 Å². The Balaban J connectivity index is 1.58. The Bertz CT molecular complexity index is 754. The lowest BCUT2D eigenvalue weighted by Crippen LogP contribution is -2.27. The molecule has 5 heteroatoms. The normalized spacial score (nSPS) is 15.2. The van der Waals surface area contributed by atoms with E-state index in [0.29, 0.717) is 0 Å². The van der Waals surface area contributed by atoms with Crippen molar-refractivity contribution in [3.8, 4) is 5.75 Å². The molecule has 0 spiro atoms. The van der Waals surface area contributed by atoms with Gasteiger partial charge in [0.15, 0.2) is 0 Å². The molecule has 0 bridgehead atoms. The van der Waals surface area contributed by atoms with E-state index in [-0.39, 0.29) is 12.5 Å². The van der Waals surface area contributed by atoms with Crippen LogP contribution in [-0.2, 0) is 11.2 Å². The second kappa shape index (κ2) is 8.33. The van der Waals surface area contributed by atoms with Crippen molar-refractivity contribution in [2.24, 2.45) is 5.10 Å². The number of aryl methyl sites for hydroxylation is 1. The highest BCUT2D eigenvalue weighted by molar-refractivity contribution is 6.02. The van der Waals surface area contributed by atoms with Gasteiger partial charge in [0.2, 0.25) is 0 Å². The van der Waals surface area contributed by atoms with Gasteiger partial charge in [0, 0.05) is 11.3 Å². The maximum absolute atomic E-state index is 12.1. The third kappa shape index (κ3) is 4.59. The summed E-state index contributed by atoms with van der Waals surface area (Å²) in [6.07, 6.45) is 4.21. The molecule has 0 radical (unpaired) electrons. The van der Waals surface area contributed by atoms with Gasteiger partial charge in [-0.25, -0.2) is 5.43 Å². The second-order valence-corrected chi connectivity index (χ2v) is 6.04. The van der Waals surface area contributed by atoms with E-state index in [0.717, 1.165) is 48.4 Å². The number of fused-ring (bicyclic) bond motifs is 1. The molecule has 3 rings (SSSR count). The molecule has 0 atom stereocenters. The highest BCUT2D eigenvalue weighted by Gasteiger charge is 2.13. The Morgan fingerprint density at radius 1 is 1.08 bits per heavy atom. The molecule has 1 amide bonds. The predicted octanol–water partition coefficient (Wildman–Crippen LogP) is 3.35. The molecule has 2 aromatic carbocycles. The first-order chi connectivity index (χ1) is 12.3. The zero-order chi connectivity index (χ0) is 17.5. The maximum atomic E-state index is 12.1. The molecule has 25 heavy (non-hydrogen) atoms. The Labute approximate surface area is 148 Å². The van der Waals surface area contributed by atoms with Crippen LogP contribution >= 0.6 is 0 Å². The van der Waals surface area contributed by atoms with Crippen LogP contribution in [0.15, 0.2) is 53.6 Å². The SMILES string of the molecule is COc1ccc(NCC(=O)N/N=C2\CCCCc3ccccc32)cc1. The second-order valence-electron chi connectivity index (χ2n) is 6.04. The van der Waals surface area contributed by atoms with Crippen molar-refractivity contribution in [3.05, 3.63) is 59.7 Å². The standard InChI is InChI=1S/C20H23N3O2/c1-25-17-12-10-16(11-13-17)21-14-20(24)23-22-19-9-5-3-7-15-6-2-4-8-18(15)19/h2,4,6,8,10-13,21H,3,5,7,9,14H2,1H3,(H,23,24)/b22-19+. The maximum Gasteiger partial charge on any atom is 0.259 e. The van der Waals surface area contributed by atoms with Gasteiger partial charge in [-0.1, -0.05) is 24.3 Å². The molecule has 5 nitrogen and oxygen atoms in total. The van der Waals surface area contributed by atoms with E-state index in [4.69, 9.17) is 4.74 Å². The summed E-state index contributed by atoms with van der Waals surface area (Å²) in [5, 5.41) is 7.46. The number of methoxy groups -OCH3 is 1. The van der Waals surface area contributed by atoms with Crippen molar-refractivity contribution in [1.29, 1.82) is 0 Å². The fourth-order valence-electron chi connectivity index (χ4n) is 2.94. The largest absolute Gasteiger partial charge is 0.497 e. The van der Waals surface area contributed by atoms with Crippen LogP contribution in [0.5, 0.6) is 5.75 Å². The van der Waals surface area contributed by atoms with Gasteiger partial charge in [0.1, 0.15) is 5.75 Å². The van der Waals surface area contributed by atoms with Gasteiger partial charge in [0.25, 0.3) is 5.91 Å². The average Bonchev–Trinajstić information content (AvgIpc) is 2.87. The monoisotopic (exact) mass is 337 g/mol. The Kier molecular flexibility index (Phi) is 5.67. The van der Waals surface area contributed by atoms with Crippen molar-refractivity contribution in [1.82, 2.24) is 5.43 Å². The van der Waals surface area contributed by atoms with Crippen LogP contribution in [0.3, 0.4) is 0 Å². The summed E-state index contributed by atoms with van der Waals surface area (Å²) < 4.78 is 5.11. The van der Waals surface area contributed by atoms with Crippen LogP contribution in [0, 0.1) is 0 Å². The number of hydrogen-bond acceptors (Lipinski definition) is 4. The van der Waals surface area contributed by atoms with Gasteiger partial charge in [-0.05, 0) is 55.5 Å². The number of hydrogen-bond donors (Lipinski definition) is 2. The van der Waals surface area contributed by atoms with Crippen LogP contribution in [0.1, 0.15) is 30.4 Å². The molecule has 1 aliphatic carbocycles. The highest BCUT2D eigenvalue weighted by Crippen LogP contribution is 2.20. The van der Waals surface area contributed by atoms with Crippen LogP contribution in [0.4, 0.5) is 5.69 Å². The van der Waals surface area contributed by atoms with Gasteiger partial charge >= 0.3 is 0 Å². The van der Waals surface area contributed by atoms with E-state index in [1.54, 1.807) is 7.11 Å². The summed E-state index contributed by atoms with van der Waals surface area (Å²) in [5.41, 5.74) is 6.97. The van der Waals surface area contributed by atoms with E-state index in [1.807, 2.05) is 30.3 Å². The Morgan fingerprint density at radius 3 is 2.64 bits per heavy atom. The zero-order valence-electron chi connectivity index (χ0n) is 14.4. The first-order valence-corrected chi connectivity index (χ1v) is 8.58. The number of hydrazone groups is 1. The first-order valence-electron chi connectivity index (χ1n) is 8.58. The molecule has 0 saturated heterocycles. The lowest BCUT2D eigenvalue weighted by Gasteiger charge is -2.09. The molecule has 0 unspecified atom stereocenters. The quantitative estimate of drug-likeness (QED) is 0.650. The number of nitrogens with zero attached hydrogens (tertiary/aromatic N) is 1. The third-order valence-corrected chi connectivity index (χ3v) is 4.30. The van der Waals surface area contributed by atoms with E-state index in [9.17, 15) is 4.79 Å². The number of nitrogens with one attached hydrogen (secondary N) is 2. The molecular formula is C20H23N3O2. The summed E-state index contributed by atoms with van der Waals surface area (Å²) in [6, 6.07) is 15.8. The predicted molar refractivity (Wildman–Crippen MR) is 100 cm³/mol. The third-order valence-electron chi connectivity index (χ3n) is 4.30. The van der Waals surface area contributed by atoms with Crippen molar-refractivity contribution < 1.29 is 9.53 Å². The average molecular weight is 337 g/mol. The summed E-state index contributed by atoms with van der Waals surface area (Å²) in [6.45, 7) is 0.171. The lowest BCUT2D eigenvalue weighted by atomic mass is 10.0. The lowest BCUT2D eigenvalue weighted by molar-refractivity contribution is -0.119. The number of rotatable bonds is 5. The zero-order valence-corrected chi connectivity index (χ0v) is 14.4. The fraction of sp³-hybridized carbons (Fsp3) is 0.300. The van der Waals surface area contributed by atoms with Crippen LogP contribution < -0.4 is 15.5 Å². The number of ether oxygens (including phenoxy) is 1. The minimum Gasteiger partial charge on any atom is -0.497 e. The van der Waals surface area contributed by atoms with Gasteiger partial charge < -0.3 is 10.1 Å². The summed E-state index contributed by atoms with van der Waals surface area (Å²) >= 11 is 0. The number of benzene rings is 2. The summed E-state index contributed by atoms with van der Waals surface area (Å²) in [7, 11) is 1.63. The van der Waals surface area contributed by atoms with E-state index < -0.39 is 0 Å². The topological polar surface area (TPSA) is 62.7 Å². The summed E-state index contributed by atoms with van der Waals surface area (Å²) in [5.74, 6) is 0.624. The van der Waals surface area contributed by atoms with Gasteiger partial charge in [-0.3, -0.25) is 4.79 Å². The summed E-state index contributed by atoms with van der Waals surface area (Å²) in [4.78, 5) is 12.1. The van der Waals surface area contributed by atoms with Crippen molar-refractivity contribution >= 4 is 17.3 Å². The van der Waals surface area contributed by atoms with E-state index >= 15 is 0 Å². The van der Waals surface area contributed by atoms with Crippen molar-refractivity contribution in [3.63, 3.8) is 0 Å². The first kappa shape index (κ1) is 17.0. The molecule has 0 aliphatic heterocycles. The number of carbonyl (C=O) groups is 1. The molecule has 0 fully saturated rings. The number of amides is 1. The number of carbonyl (C=O) groups excluding carboxylic acids is 1. The van der Waals surface area contributed by atoms with E-state index in [2.05, 4.69) is 34.0 Å². The smallest absolute Gasteiger partial charge is 0.259 e. The van der Waals surface area contributed by atoms with Crippen LogP contribution in [-0.4, -0.2) is 25.3 Å². The molecule has 0 aromatic heterocycles. The fourth-order valence-corrected chi connectivity index (χ4v) is 2.94. The molecule has 130 valence electrons. The molecular weight excluding hydrogens is 314 g/mol. The van der Waals surface area contributed by atoms with Crippen molar-refractivity contribution in [2.75, 3.05) is 19.0 Å².